The molecule has 0 fully saturated rings. The van der Waals surface area contributed by atoms with Gasteiger partial charge in [0.15, 0.2) is 0 Å². The first-order chi connectivity index (χ1) is 7.72. The summed E-state index contributed by atoms with van der Waals surface area (Å²) in [6, 6.07) is 8.16. The van der Waals surface area contributed by atoms with Crippen molar-refractivity contribution >= 4 is 5.69 Å². The summed E-state index contributed by atoms with van der Waals surface area (Å²) in [6.07, 6.45) is 0.536. The predicted octanol–water partition coefficient (Wildman–Crippen LogP) is 2.23. The first-order valence-electron chi connectivity index (χ1n) is 5.55. The Kier molecular flexibility index (Phi) is 4.81. The summed E-state index contributed by atoms with van der Waals surface area (Å²) in [5.74, 6) is 0. The van der Waals surface area contributed by atoms with Crippen molar-refractivity contribution in [2.24, 2.45) is 0 Å². The molecule has 16 heavy (non-hydrogen) atoms. The highest BCUT2D eigenvalue weighted by atomic mass is 16.3. The molecule has 0 aliphatic heterocycles. The average Bonchev–Trinajstić information content (AvgIpc) is 2.30. The fourth-order valence-electron chi connectivity index (χ4n) is 1.71. The molecule has 1 rings (SSSR count). The lowest BCUT2D eigenvalue weighted by Gasteiger charge is -2.22. The van der Waals surface area contributed by atoms with Crippen LogP contribution in [0.5, 0.6) is 0 Å². The molecule has 1 aromatic rings. The molecule has 0 spiro atoms. The SMILES string of the molecule is CCN(CCC#N)c1ccc(CO)c(C)c1. The van der Waals surface area contributed by atoms with E-state index in [1.807, 2.05) is 19.1 Å². The molecule has 0 aromatic heterocycles. The number of hydrogen-bond donors (Lipinski definition) is 1. The van der Waals surface area contributed by atoms with Gasteiger partial charge in [0.2, 0.25) is 0 Å². The molecule has 1 aromatic carbocycles. The first kappa shape index (κ1) is 12.5. The first-order valence-corrected chi connectivity index (χ1v) is 5.55. The molecule has 0 bridgehead atoms. The third-order valence-electron chi connectivity index (χ3n) is 2.74. The molecule has 0 radical (unpaired) electrons. The van der Waals surface area contributed by atoms with Crippen molar-refractivity contribution in [2.45, 2.75) is 26.9 Å². The second-order valence-electron chi connectivity index (χ2n) is 3.76. The van der Waals surface area contributed by atoms with Crippen LogP contribution in [0.2, 0.25) is 0 Å². The summed E-state index contributed by atoms with van der Waals surface area (Å²) in [5.41, 5.74) is 3.17. The van der Waals surface area contributed by atoms with Crippen molar-refractivity contribution in [2.75, 3.05) is 18.0 Å². The van der Waals surface area contributed by atoms with Gasteiger partial charge in [0, 0.05) is 18.8 Å². The van der Waals surface area contributed by atoms with Crippen molar-refractivity contribution in [3.63, 3.8) is 0 Å². The van der Waals surface area contributed by atoms with Crippen LogP contribution in [-0.4, -0.2) is 18.2 Å². The van der Waals surface area contributed by atoms with Gasteiger partial charge in [-0.15, -0.1) is 0 Å². The van der Waals surface area contributed by atoms with Crippen molar-refractivity contribution in [1.29, 1.82) is 5.26 Å². The van der Waals surface area contributed by atoms with E-state index >= 15 is 0 Å². The van der Waals surface area contributed by atoms with Crippen molar-refractivity contribution in [1.82, 2.24) is 0 Å². The summed E-state index contributed by atoms with van der Waals surface area (Å²) in [4.78, 5) is 2.16. The van der Waals surface area contributed by atoms with Gasteiger partial charge in [-0.1, -0.05) is 6.07 Å². The van der Waals surface area contributed by atoms with Crippen LogP contribution in [0.1, 0.15) is 24.5 Å². The zero-order valence-electron chi connectivity index (χ0n) is 9.90. The molecule has 0 aliphatic carbocycles. The van der Waals surface area contributed by atoms with Gasteiger partial charge in [-0.05, 0) is 37.1 Å². The summed E-state index contributed by atoms with van der Waals surface area (Å²) < 4.78 is 0. The molecule has 0 saturated carbocycles. The van der Waals surface area contributed by atoms with Crippen LogP contribution in [0.15, 0.2) is 18.2 Å². The van der Waals surface area contributed by atoms with Crippen molar-refractivity contribution in [3.05, 3.63) is 29.3 Å². The Morgan fingerprint density at radius 2 is 2.19 bits per heavy atom. The quantitative estimate of drug-likeness (QED) is 0.824. The maximum Gasteiger partial charge on any atom is 0.0684 e. The maximum absolute atomic E-state index is 9.09. The smallest absolute Gasteiger partial charge is 0.0684 e. The Balaban J connectivity index is 2.85. The van der Waals surface area contributed by atoms with Crippen LogP contribution in [0.3, 0.4) is 0 Å². The van der Waals surface area contributed by atoms with Gasteiger partial charge in [0.1, 0.15) is 0 Å². The Hall–Kier alpha value is -1.53. The third-order valence-corrected chi connectivity index (χ3v) is 2.74. The van der Waals surface area contributed by atoms with Crippen LogP contribution in [-0.2, 0) is 6.61 Å². The van der Waals surface area contributed by atoms with Gasteiger partial charge in [0.25, 0.3) is 0 Å². The Bertz CT molecular complexity index is 382. The summed E-state index contributed by atoms with van der Waals surface area (Å²) >= 11 is 0. The number of aryl methyl sites for hydroxylation is 1. The zero-order chi connectivity index (χ0) is 12.0. The van der Waals surface area contributed by atoms with Gasteiger partial charge in [0.05, 0.1) is 19.1 Å². The molecule has 3 nitrogen and oxygen atoms in total. The molecule has 0 saturated heterocycles. The van der Waals surface area contributed by atoms with Gasteiger partial charge in [-0.25, -0.2) is 0 Å². The standard InChI is InChI=1S/C13H18N2O/c1-3-15(8-4-7-14)13-6-5-12(10-16)11(2)9-13/h5-6,9,16H,3-4,8,10H2,1-2H3. The molecule has 0 atom stereocenters. The topological polar surface area (TPSA) is 47.3 Å². The van der Waals surface area contributed by atoms with Gasteiger partial charge in [-0.2, -0.15) is 5.26 Å². The number of benzene rings is 1. The van der Waals surface area contributed by atoms with E-state index < -0.39 is 0 Å². The predicted molar refractivity (Wildman–Crippen MR) is 65.2 cm³/mol. The maximum atomic E-state index is 9.09. The van der Waals surface area contributed by atoms with E-state index in [9.17, 15) is 0 Å². The monoisotopic (exact) mass is 218 g/mol. The van der Waals surface area contributed by atoms with Gasteiger partial charge >= 0.3 is 0 Å². The number of rotatable bonds is 5. The minimum Gasteiger partial charge on any atom is -0.392 e. The molecule has 3 heteroatoms. The van der Waals surface area contributed by atoms with Gasteiger partial charge in [-0.3, -0.25) is 0 Å². The zero-order valence-corrected chi connectivity index (χ0v) is 9.90. The molecule has 1 N–H and O–H groups in total. The second kappa shape index (κ2) is 6.14. The summed E-state index contributed by atoms with van der Waals surface area (Å²) in [5, 5.41) is 17.7. The fraction of sp³-hybridized carbons (Fsp3) is 0.462. The fourth-order valence-corrected chi connectivity index (χ4v) is 1.71. The lowest BCUT2D eigenvalue weighted by molar-refractivity contribution is 0.281. The van der Waals surface area contributed by atoms with E-state index in [1.165, 1.54) is 0 Å². The molecule has 86 valence electrons. The number of aliphatic hydroxyl groups is 1. The van der Waals surface area contributed by atoms with Crippen LogP contribution < -0.4 is 4.90 Å². The van der Waals surface area contributed by atoms with Crippen molar-refractivity contribution in [3.8, 4) is 6.07 Å². The largest absolute Gasteiger partial charge is 0.392 e. The van der Waals surface area contributed by atoms with E-state index in [-0.39, 0.29) is 6.61 Å². The highest BCUT2D eigenvalue weighted by Gasteiger charge is 2.05. The molecule has 0 heterocycles. The average molecular weight is 218 g/mol. The van der Waals surface area contributed by atoms with Crippen LogP contribution in [0.4, 0.5) is 5.69 Å². The normalized spacial score (nSPS) is 9.88. The Morgan fingerprint density at radius 3 is 2.69 bits per heavy atom. The van der Waals surface area contributed by atoms with Crippen LogP contribution in [0, 0.1) is 18.3 Å². The number of nitrogens with zero attached hydrogens (tertiary/aromatic N) is 2. The second-order valence-corrected chi connectivity index (χ2v) is 3.76. The minimum absolute atomic E-state index is 0.0798. The van der Waals surface area contributed by atoms with Crippen LogP contribution in [0.25, 0.3) is 0 Å². The highest BCUT2D eigenvalue weighted by molar-refractivity contribution is 5.50. The number of hydrogen-bond acceptors (Lipinski definition) is 3. The minimum atomic E-state index is 0.0798. The van der Waals surface area contributed by atoms with E-state index in [2.05, 4.69) is 24.0 Å². The summed E-state index contributed by atoms with van der Waals surface area (Å²) in [7, 11) is 0. The molecule has 0 amide bonds. The highest BCUT2D eigenvalue weighted by Crippen LogP contribution is 2.19. The van der Waals surface area contributed by atoms with Gasteiger partial charge < -0.3 is 10.0 Å². The lowest BCUT2D eigenvalue weighted by atomic mass is 10.1. The lowest BCUT2D eigenvalue weighted by Crippen LogP contribution is -2.23. The molecular weight excluding hydrogens is 200 g/mol. The van der Waals surface area contributed by atoms with E-state index in [0.717, 1.165) is 29.9 Å². The molecular formula is C13H18N2O. The van der Waals surface area contributed by atoms with E-state index in [0.29, 0.717) is 6.42 Å². The van der Waals surface area contributed by atoms with Crippen LogP contribution >= 0.6 is 0 Å². The number of aliphatic hydroxyl groups excluding tert-OH is 1. The van der Waals surface area contributed by atoms with Crippen molar-refractivity contribution < 1.29 is 5.11 Å². The molecule has 0 unspecified atom stereocenters. The number of anilines is 1. The van der Waals surface area contributed by atoms with E-state index in [1.54, 1.807) is 0 Å². The Morgan fingerprint density at radius 1 is 1.44 bits per heavy atom. The molecule has 0 aliphatic rings. The van der Waals surface area contributed by atoms with E-state index in [4.69, 9.17) is 10.4 Å². The summed E-state index contributed by atoms with van der Waals surface area (Å²) in [6.45, 7) is 5.79. The Labute approximate surface area is 96.9 Å². The third kappa shape index (κ3) is 2.98. The number of nitriles is 1.